The van der Waals surface area contributed by atoms with Gasteiger partial charge in [0.2, 0.25) is 11.9 Å². The molecule has 0 bridgehead atoms. The van der Waals surface area contributed by atoms with Gasteiger partial charge in [0.1, 0.15) is 0 Å². The Bertz CT molecular complexity index is 606. The Morgan fingerprint density at radius 2 is 1.95 bits per heavy atom. The van der Waals surface area contributed by atoms with Crippen LogP contribution < -0.4 is 10.2 Å². The predicted molar refractivity (Wildman–Crippen MR) is 82.2 cm³/mol. The topological polar surface area (TPSA) is 71.8 Å². The Balaban J connectivity index is 1.95. The average Bonchev–Trinajstić information content (AvgIpc) is 3.16. The lowest BCUT2D eigenvalue weighted by molar-refractivity contribution is 0.776. The third-order valence-corrected chi connectivity index (χ3v) is 3.48. The van der Waals surface area contributed by atoms with E-state index in [1.165, 1.54) is 12.8 Å². The molecule has 0 saturated carbocycles. The van der Waals surface area contributed by atoms with Crippen LogP contribution in [-0.4, -0.2) is 44.4 Å². The molecule has 1 saturated heterocycles. The lowest BCUT2D eigenvalue weighted by Crippen LogP contribution is -2.23. The first kappa shape index (κ1) is 14.1. The van der Waals surface area contributed by atoms with Gasteiger partial charge in [-0.05, 0) is 19.3 Å². The van der Waals surface area contributed by atoms with E-state index in [-0.39, 0.29) is 0 Å². The number of hydrogen-bond acceptors (Lipinski definition) is 6. The highest BCUT2D eigenvalue weighted by atomic mass is 35.5. The van der Waals surface area contributed by atoms with Crippen LogP contribution in [0.2, 0.25) is 5.02 Å². The van der Waals surface area contributed by atoms with E-state index in [0.717, 1.165) is 26.1 Å². The number of nitrogens with zero attached hydrogens (tertiary/aromatic N) is 6. The van der Waals surface area contributed by atoms with E-state index in [9.17, 15) is 0 Å². The molecule has 1 aliphatic heterocycles. The Kier molecular flexibility index (Phi) is 4.19. The summed E-state index contributed by atoms with van der Waals surface area (Å²) in [5.74, 6) is 1.76. The SMILES string of the molecule is CCCNc1nc(N2CCCC2)nc(-n2cc(Cl)cn2)n1. The van der Waals surface area contributed by atoms with Gasteiger partial charge in [-0.3, -0.25) is 0 Å². The van der Waals surface area contributed by atoms with Gasteiger partial charge >= 0.3 is 0 Å². The molecular weight excluding hydrogens is 290 g/mol. The Morgan fingerprint density at radius 3 is 2.62 bits per heavy atom. The monoisotopic (exact) mass is 307 g/mol. The van der Waals surface area contributed by atoms with Gasteiger partial charge in [0.25, 0.3) is 5.95 Å². The van der Waals surface area contributed by atoms with Gasteiger partial charge in [0.05, 0.1) is 17.4 Å². The van der Waals surface area contributed by atoms with Crippen molar-refractivity contribution in [1.29, 1.82) is 0 Å². The van der Waals surface area contributed by atoms with Crippen molar-refractivity contribution in [3.8, 4) is 5.95 Å². The number of hydrogen-bond donors (Lipinski definition) is 1. The predicted octanol–water partition coefficient (Wildman–Crippen LogP) is 2.13. The van der Waals surface area contributed by atoms with Crippen molar-refractivity contribution in [3.05, 3.63) is 17.4 Å². The van der Waals surface area contributed by atoms with E-state index in [1.54, 1.807) is 17.1 Å². The quantitative estimate of drug-likeness (QED) is 0.912. The molecule has 0 amide bonds. The van der Waals surface area contributed by atoms with Crippen LogP contribution in [0.25, 0.3) is 5.95 Å². The molecule has 0 atom stereocenters. The van der Waals surface area contributed by atoms with Crippen LogP contribution >= 0.6 is 11.6 Å². The molecule has 0 unspecified atom stereocenters. The van der Waals surface area contributed by atoms with Gasteiger partial charge in [-0.1, -0.05) is 18.5 Å². The van der Waals surface area contributed by atoms with Gasteiger partial charge in [0, 0.05) is 19.6 Å². The molecule has 1 N–H and O–H groups in total. The molecule has 3 heterocycles. The van der Waals surface area contributed by atoms with E-state index in [4.69, 9.17) is 11.6 Å². The zero-order valence-electron chi connectivity index (χ0n) is 12.0. The van der Waals surface area contributed by atoms with Crippen LogP contribution in [0, 0.1) is 0 Å². The summed E-state index contributed by atoms with van der Waals surface area (Å²) < 4.78 is 1.57. The molecule has 21 heavy (non-hydrogen) atoms. The van der Waals surface area contributed by atoms with E-state index in [2.05, 4.69) is 37.2 Å². The first-order chi connectivity index (χ1) is 10.3. The fourth-order valence-corrected chi connectivity index (χ4v) is 2.38. The Morgan fingerprint density at radius 1 is 1.19 bits per heavy atom. The highest BCUT2D eigenvalue weighted by molar-refractivity contribution is 6.30. The third kappa shape index (κ3) is 3.24. The summed E-state index contributed by atoms with van der Waals surface area (Å²) in [5.41, 5.74) is 0. The Hall–Kier alpha value is -1.89. The summed E-state index contributed by atoms with van der Waals surface area (Å²) in [7, 11) is 0. The van der Waals surface area contributed by atoms with Crippen molar-refractivity contribution in [2.45, 2.75) is 26.2 Å². The summed E-state index contributed by atoms with van der Waals surface area (Å²) in [5, 5.41) is 7.93. The van der Waals surface area contributed by atoms with Crippen molar-refractivity contribution < 1.29 is 0 Å². The first-order valence-corrected chi connectivity index (χ1v) is 7.59. The summed E-state index contributed by atoms with van der Waals surface area (Å²) in [6, 6.07) is 0. The lowest BCUT2D eigenvalue weighted by Gasteiger charge is -2.16. The normalized spacial score (nSPS) is 14.7. The van der Waals surface area contributed by atoms with E-state index in [1.807, 2.05) is 0 Å². The molecule has 0 radical (unpaired) electrons. The molecule has 1 aliphatic rings. The van der Waals surface area contributed by atoms with Gasteiger partial charge in [0.15, 0.2) is 0 Å². The van der Waals surface area contributed by atoms with Crippen molar-refractivity contribution in [2.24, 2.45) is 0 Å². The van der Waals surface area contributed by atoms with Gasteiger partial charge in [-0.15, -0.1) is 0 Å². The average molecular weight is 308 g/mol. The van der Waals surface area contributed by atoms with Crippen LogP contribution in [0.4, 0.5) is 11.9 Å². The summed E-state index contributed by atoms with van der Waals surface area (Å²) in [6.07, 6.45) is 6.61. The second-order valence-electron chi connectivity index (χ2n) is 4.98. The molecule has 2 aromatic rings. The summed E-state index contributed by atoms with van der Waals surface area (Å²) in [6.45, 7) is 4.89. The summed E-state index contributed by atoms with van der Waals surface area (Å²) in [4.78, 5) is 15.6. The molecule has 2 aromatic heterocycles. The second-order valence-corrected chi connectivity index (χ2v) is 5.42. The Labute approximate surface area is 128 Å². The van der Waals surface area contributed by atoms with Crippen molar-refractivity contribution >= 4 is 23.5 Å². The molecule has 0 spiro atoms. The zero-order chi connectivity index (χ0) is 14.7. The van der Waals surface area contributed by atoms with Crippen LogP contribution in [-0.2, 0) is 0 Å². The molecule has 0 aromatic carbocycles. The lowest BCUT2D eigenvalue weighted by atomic mass is 10.4. The summed E-state index contributed by atoms with van der Waals surface area (Å²) >= 11 is 5.92. The van der Waals surface area contributed by atoms with E-state index in [0.29, 0.717) is 22.9 Å². The zero-order valence-corrected chi connectivity index (χ0v) is 12.7. The number of anilines is 2. The largest absolute Gasteiger partial charge is 0.354 e. The standard InChI is InChI=1S/C13H18ClN7/c1-2-5-15-11-17-12(20-6-3-4-7-20)19-13(18-11)21-9-10(14)8-16-21/h8-9H,2-7H2,1H3,(H,15,17,18,19). The minimum Gasteiger partial charge on any atom is -0.354 e. The molecule has 8 heteroatoms. The van der Waals surface area contributed by atoms with Crippen LogP contribution in [0.15, 0.2) is 12.4 Å². The third-order valence-electron chi connectivity index (χ3n) is 3.29. The molecule has 0 aliphatic carbocycles. The van der Waals surface area contributed by atoms with Crippen LogP contribution in [0.5, 0.6) is 0 Å². The maximum absolute atomic E-state index is 5.92. The second kappa shape index (κ2) is 6.26. The molecule has 1 fully saturated rings. The van der Waals surface area contributed by atoms with Crippen LogP contribution in [0.3, 0.4) is 0 Å². The maximum Gasteiger partial charge on any atom is 0.257 e. The van der Waals surface area contributed by atoms with Crippen molar-refractivity contribution in [1.82, 2.24) is 24.7 Å². The highest BCUT2D eigenvalue weighted by Gasteiger charge is 2.18. The van der Waals surface area contributed by atoms with Crippen LogP contribution in [0.1, 0.15) is 26.2 Å². The first-order valence-electron chi connectivity index (χ1n) is 7.21. The minimum atomic E-state index is 0.484. The molecule has 7 nitrogen and oxygen atoms in total. The highest BCUT2D eigenvalue weighted by Crippen LogP contribution is 2.18. The minimum absolute atomic E-state index is 0.484. The van der Waals surface area contributed by atoms with Gasteiger partial charge < -0.3 is 10.2 Å². The van der Waals surface area contributed by atoms with Crippen molar-refractivity contribution in [2.75, 3.05) is 29.9 Å². The van der Waals surface area contributed by atoms with E-state index < -0.39 is 0 Å². The van der Waals surface area contributed by atoms with Crippen molar-refractivity contribution in [3.63, 3.8) is 0 Å². The van der Waals surface area contributed by atoms with Gasteiger partial charge in [-0.25, -0.2) is 4.68 Å². The number of rotatable bonds is 5. The van der Waals surface area contributed by atoms with Gasteiger partial charge in [-0.2, -0.15) is 20.1 Å². The number of aromatic nitrogens is 5. The number of halogens is 1. The molecule has 3 rings (SSSR count). The number of nitrogens with one attached hydrogen (secondary N) is 1. The fourth-order valence-electron chi connectivity index (χ4n) is 2.24. The maximum atomic E-state index is 5.92. The molecular formula is C13H18ClN7. The molecule has 112 valence electrons. The fraction of sp³-hybridized carbons (Fsp3) is 0.538. The smallest absolute Gasteiger partial charge is 0.257 e. The van der Waals surface area contributed by atoms with E-state index >= 15 is 0 Å².